The zero-order valence-corrected chi connectivity index (χ0v) is 12.6. The summed E-state index contributed by atoms with van der Waals surface area (Å²) in [6, 6.07) is 6.39. The zero-order chi connectivity index (χ0) is 15.3. The summed E-state index contributed by atoms with van der Waals surface area (Å²) in [6.45, 7) is 0.546. The van der Waals surface area contributed by atoms with E-state index < -0.39 is 10.0 Å². The molecule has 21 heavy (non-hydrogen) atoms. The van der Waals surface area contributed by atoms with Crippen LogP contribution in [0.2, 0.25) is 0 Å². The smallest absolute Gasteiger partial charge is 0.238 e. The van der Waals surface area contributed by atoms with E-state index in [4.69, 9.17) is 5.14 Å². The largest absolute Gasteiger partial charge is 0.356 e. The molecule has 0 fully saturated rings. The molecule has 3 N–H and O–H groups in total. The van der Waals surface area contributed by atoms with Crippen LogP contribution in [0.5, 0.6) is 0 Å². The number of allylic oxidation sites excluding steroid dienone is 2. The Morgan fingerprint density at radius 3 is 2.57 bits per heavy atom. The van der Waals surface area contributed by atoms with E-state index >= 15 is 0 Å². The predicted molar refractivity (Wildman–Crippen MR) is 81.0 cm³/mol. The van der Waals surface area contributed by atoms with Gasteiger partial charge in [0, 0.05) is 13.0 Å². The van der Waals surface area contributed by atoms with Gasteiger partial charge < -0.3 is 5.32 Å². The Morgan fingerprint density at radius 1 is 1.29 bits per heavy atom. The summed E-state index contributed by atoms with van der Waals surface area (Å²) >= 11 is 0. The van der Waals surface area contributed by atoms with Crippen molar-refractivity contribution in [3.8, 4) is 0 Å². The highest BCUT2D eigenvalue weighted by Gasteiger charge is 2.13. The molecule has 1 atom stereocenters. The van der Waals surface area contributed by atoms with Crippen molar-refractivity contribution in [1.82, 2.24) is 5.32 Å². The van der Waals surface area contributed by atoms with Crippen molar-refractivity contribution in [2.75, 3.05) is 6.54 Å². The lowest BCUT2D eigenvalue weighted by Gasteiger charge is -2.09. The first-order chi connectivity index (χ1) is 9.95. The molecular weight excluding hydrogens is 288 g/mol. The fourth-order valence-electron chi connectivity index (χ4n) is 2.37. The normalized spacial score (nSPS) is 17.9. The highest BCUT2D eigenvalue weighted by molar-refractivity contribution is 7.89. The van der Waals surface area contributed by atoms with Gasteiger partial charge in [0.25, 0.3) is 0 Å². The summed E-state index contributed by atoms with van der Waals surface area (Å²) in [5, 5.41) is 7.92. The maximum Gasteiger partial charge on any atom is 0.238 e. The van der Waals surface area contributed by atoms with Gasteiger partial charge in [0.2, 0.25) is 15.9 Å². The van der Waals surface area contributed by atoms with Crippen molar-refractivity contribution in [3.05, 3.63) is 42.0 Å². The Hall–Kier alpha value is -1.66. The van der Waals surface area contributed by atoms with Crippen LogP contribution in [0.25, 0.3) is 0 Å². The summed E-state index contributed by atoms with van der Waals surface area (Å²) in [6.07, 6.45) is 7.55. The Morgan fingerprint density at radius 2 is 2.00 bits per heavy atom. The summed E-state index contributed by atoms with van der Waals surface area (Å²) in [4.78, 5) is 11.8. The van der Waals surface area contributed by atoms with Crippen molar-refractivity contribution < 1.29 is 13.2 Å². The van der Waals surface area contributed by atoms with E-state index in [2.05, 4.69) is 17.5 Å². The third-order valence-electron chi connectivity index (χ3n) is 3.55. The number of hydrogen-bond acceptors (Lipinski definition) is 3. The number of carbonyl (C=O) groups is 1. The second-order valence-electron chi connectivity index (χ2n) is 5.26. The van der Waals surface area contributed by atoms with E-state index in [1.54, 1.807) is 12.1 Å². The lowest BCUT2D eigenvalue weighted by Crippen LogP contribution is -2.27. The molecular formula is C15H20N2O3S. The minimum atomic E-state index is -3.64. The number of rotatable bonds is 6. The molecule has 6 heteroatoms. The number of benzene rings is 1. The molecule has 0 aromatic heterocycles. The molecule has 0 radical (unpaired) electrons. The molecule has 0 heterocycles. The third-order valence-corrected chi connectivity index (χ3v) is 4.48. The van der Waals surface area contributed by atoms with Crippen LogP contribution in [0.4, 0.5) is 0 Å². The zero-order valence-electron chi connectivity index (χ0n) is 11.8. The molecule has 1 aliphatic rings. The molecule has 1 aliphatic carbocycles. The van der Waals surface area contributed by atoms with E-state index in [0.29, 0.717) is 25.3 Å². The van der Waals surface area contributed by atoms with Crippen LogP contribution in [-0.4, -0.2) is 20.9 Å². The first-order valence-corrected chi connectivity index (χ1v) is 8.55. The van der Waals surface area contributed by atoms with E-state index in [1.165, 1.54) is 12.1 Å². The fourth-order valence-corrected chi connectivity index (χ4v) is 2.88. The van der Waals surface area contributed by atoms with Gasteiger partial charge in [-0.25, -0.2) is 13.6 Å². The highest BCUT2D eigenvalue weighted by atomic mass is 32.2. The minimum Gasteiger partial charge on any atom is -0.356 e. The quantitative estimate of drug-likeness (QED) is 0.777. The third kappa shape index (κ3) is 4.99. The number of carbonyl (C=O) groups excluding carboxylic acids is 1. The van der Waals surface area contributed by atoms with Crippen molar-refractivity contribution >= 4 is 15.9 Å². The highest BCUT2D eigenvalue weighted by Crippen LogP contribution is 2.19. The van der Waals surface area contributed by atoms with Crippen LogP contribution in [0.1, 0.15) is 24.8 Å². The minimum absolute atomic E-state index is 0.0627. The number of primary sulfonamides is 1. The average Bonchev–Trinajstić information content (AvgIpc) is 2.91. The van der Waals surface area contributed by atoms with Crippen molar-refractivity contribution in [2.24, 2.45) is 11.1 Å². The van der Waals surface area contributed by atoms with Gasteiger partial charge in [-0.2, -0.15) is 0 Å². The summed E-state index contributed by atoms with van der Waals surface area (Å²) in [5.74, 6) is 0.437. The first kappa shape index (κ1) is 15.7. The van der Waals surface area contributed by atoms with Crippen LogP contribution in [-0.2, 0) is 21.2 Å². The molecule has 5 nitrogen and oxygen atoms in total. The summed E-state index contributed by atoms with van der Waals surface area (Å²) in [7, 11) is -3.64. The Balaban J connectivity index is 1.75. The molecule has 0 spiro atoms. The Bertz CT molecular complexity index is 621. The van der Waals surface area contributed by atoms with E-state index in [1.807, 2.05) is 0 Å². The SMILES string of the molecule is NS(=O)(=O)c1ccc(CCNC(=O)C[C@@H]2C=CCC2)cc1. The van der Waals surface area contributed by atoms with Gasteiger partial charge in [-0.3, -0.25) is 4.79 Å². The molecule has 0 unspecified atom stereocenters. The maximum absolute atomic E-state index is 11.7. The molecule has 1 aromatic carbocycles. The standard InChI is InChI=1S/C15H20N2O3S/c16-21(19,20)14-7-5-12(6-8-14)9-10-17-15(18)11-13-3-1-2-4-13/h1,3,5-8,13H,2,4,9-11H2,(H,17,18)(H2,16,19,20)/t13-/m1/s1. The van der Waals surface area contributed by atoms with Crippen LogP contribution in [0.15, 0.2) is 41.3 Å². The van der Waals surface area contributed by atoms with Gasteiger partial charge in [0.15, 0.2) is 0 Å². The van der Waals surface area contributed by atoms with Crippen molar-refractivity contribution in [2.45, 2.75) is 30.6 Å². The maximum atomic E-state index is 11.7. The fraction of sp³-hybridized carbons (Fsp3) is 0.400. The van der Waals surface area contributed by atoms with Crippen molar-refractivity contribution in [3.63, 3.8) is 0 Å². The first-order valence-electron chi connectivity index (χ1n) is 7.00. The van der Waals surface area contributed by atoms with Gasteiger partial charge in [0.05, 0.1) is 4.90 Å². The number of amides is 1. The number of hydrogen-bond donors (Lipinski definition) is 2. The van der Waals surface area contributed by atoms with Gasteiger partial charge in [0.1, 0.15) is 0 Å². The van der Waals surface area contributed by atoms with Gasteiger partial charge in [-0.05, 0) is 42.9 Å². The topological polar surface area (TPSA) is 89.3 Å². The molecule has 0 bridgehead atoms. The van der Waals surface area contributed by atoms with Gasteiger partial charge >= 0.3 is 0 Å². The number of sulfonamides is 1. The molecule has 0 saturated heterocycles. The Labute approximate surface area is 125 Å². The molecule has 1 amide bonds. The van der Waals surface area contributed by atoms with E-state index in [-0.39, 0.29) is 10.8 Å². The molecule has 1 aromatic rings. The van der Waals surface area contributed by atoms with E-state index in [0.717, 1.165) is 18.4 Å². The summed E-state index contributed by atoms with van der Waals surface area (Å²) < 4.78 is 22.3. The van der Waals surface area contributed by atoms with Crippen LogP contribution < -0.4 is 10.5 Å². The van der Waals surface area contributed by atoms with Crippen molar-refractivity contribution in [1.29, 1.82) is 0 Å². The van der Waals surface area contributed by atoms with Crippen LogP contribution in [0, 0.1) is 5.92 Å². The second-order valence-corrected chi connectivity index (χ2v) is 6.82. The number of nitrogens with one attached hydrogen (secondary N) is 1. The van der Waals surface area contributed by atoms with Crippen LogP contribution in [0.3, 0.4) is 0 Å². The van der Waals surface area contributed by atoms with Gasteiger partial charge in [-0.15, -0.1) is 0 Å². The lowest BCUT2D eigenvalue weighted by molar-refractivity contribution is -0.121. The molecule has 2 rings (SSSR count). The number of nitrogens with two attached hydrogens (primary N) is 1. The average molecular weight is 308 g/mol. The van der Waals surface area contributed by atoms with Crippen LogP contribution >= 0.6 is 0 Å². The second kappa shape index (κ2) is 6.87. The van der Waals surface area contributed by atoms with Gasteiger partial charge in [-0.1, -0.05) is 24.3 Å². The summed E-state index contributed by atoms with van der Waals surface area (Å²) in [5.41, 5.74) is 0.962. The molecule has 0 saturated carbocycles. The predicted octanol–water partition coefficient (Wildman–Crippen LogP) is 1.35. The lowest BCUT2D eigenvalue weighted by atomic mass is 10.1. The Kier molecular flexibility index (Phi) is 5.14. The van der Waals surface area contributed by atoms with E-state index in [9.17, 15) is 13.2 Å². The molecule has 0 aliphatic heterocycles. The molecule has 114 valence electrons. The monoisotopic (exact) mass is 308 g/mol.